The minimum absolute atomic E-state index is 0.114. The van der Waals surface area contributed by atoms with Gasteiger partial charge in [0.2, 0.25) is 0 Å². The molecule has 0 amide bonds. The van der Waals surface area contributed by atoms with Gasteiger partial charge in [-0.1, -0.05) is 12.1 Å². The molecule has 2 rings (SSSR count). The molecule has 1 saturated heterocycles. The van der Waals surface area contributed by atoms with Crippen LogP contribution >= 0.6 is 0 Å². The Balaban J connectivity index is 1.93. The Morgan fingerprint density at radius 1 is 1.15 bits per heavy atom. The van der Waals surface area contributed by atoms with Crippen LogP contribution < -0.4 is 4.74 Å². The number of methoxy groups -OCH3 is 1. The summed E-state index contributed by atoms with van der Waals surface area (Å²) in [6.07, 6.45) is -6.45. The Kier molecular flexibility index (Phi) is 7.94. The van der Waals surface area contributed by atoms with Gasteiger partial charge in [0.15, 0.2) is 12.4 Å². The van der Waals surface area contributed by atoms with Crippen molar-refractivity contribution in [3.63, 3.8) is 0 Å². The van der Waals surface area contributed by atoms with Gasteiger partial charge in [-0.2, -0.15) is 8.42 Å². The van der Waals surface area contributed by atoms with Crippen molar-refractivity contribution in [3.05, 3.63) is 29.8 Å². The third-order valence-corrected chi connectivity index (χ3v) is 4.57. The Bertz CT molecular complexity index is 677. The number of aryl methyl sites for hydroxylation is 1. The second-order valence-electron chi connectivity index (χ2n) is 6.02. The minimum Gasteiger partial charge on any atom is -0.497 e. The highest BCUT2D eigenvalue weighted by Gasteiger charge is 2.47. The molecule has 1 aromatic rings. The van der Waals surface area contributed by atoms with Gasteiger partial charge in [0, 0.05) is 0 Å². The first-order valence-electron chi connectivity index (χ1n) is 8.28. The number of hydrogen-bond acceptors (Lipinski definition) is 9. The van der Waals surface area contributed by atoms with Gasteiger partial charge in [-0.15, -0.1) is 0 Å². The zero-order chi connectivity index (χ0) is 20.0. The van der Waals surface area contributed by atoms with E-state index in [4.69, 9.17) is 18.8 Å². The number of hydrogen-bond donors (Lipinski definition) is 4. The maximum absolute atomic E-state index is 11.0. The Morgan fingerprint density at radius 2 is 1.81 bits per heavy atom. The molecule has 1 aliphatic rings. The highest BCUT2D eigenvalue weighted by atomic mass is 32.3. The van der Waals surface area contributed by atoms with Crippen molar-refractivity contribution >= 4 is 10.4 Å². The van der Waals surface area contributed by atoms with Crippen LogP contribution in [0.5, 0.6) is 5.75 Å². The van der Waals surface area contributed by atoms with E-state index in [2.05, 4.69) is 4.18 Å². The van der Waals surface area contributed by atoms with E-state index < -0.39 is 47.7 Å². The fraction of sp³-hybridized carbons (Fsp3) is 0.625. The molecule has 154 valence electrons. The zero-order valence-corrected chi connectivity index (χ0v) is 15.5. The fourth-order valence-electron chi connectivity index (χ4n) is 2.70. The molecule has 0 aliphatic carbocycles. The number of aliphatic hydroxyl groups is 3. The van der Waals surface area contributed by atoms with Gasteiger partial charge in [-0.3, -0.25) is 4.55 Å². The van der Waals surface area contributed by atoms with Gasteiger partial charge in [0.25, 0.3) is 0 Å². The van der Waals surface area contributed by atoms with Gasteiger partial charge >= 0.3 is 10.4 Å². The van der Waals surface area contributed by atoms with Crippen LogP contribution in [0.15, 0.2) is 24.3 Å². The van der Waals surface area contributed by atoms with Crippen molar-refractivity contribution in [2.75, 3.05) is 20.3 Å². The highest BCUT2D eigenvalue weighted by Crippen LogP contribution is 2.25. The van der Waals surface area contributed by atoms with Gasteiger partial charge in [0.1, 0.15) is 24.1 Å². The summed E-state index contributed by atoms with van der Waals surface area (Å²) in [5.41, 5.74) is 1.03. The van der Waals surface area contributed by atoms with E-state index in [9.17, 15) is 23.7 Å². The molecule has 1 aliphatic heterocycles. The van der Waals surface area contributed by atoms with Gasteiger partial charge in [-0.05, 0) is 30.5 Å². The fourth-order valence-corrected chi connectivity index (χ4v) is 3.19. The van der Waals surface area contributed by atoms with Crippen LogP contribution in [0, 0.1) is 0 Å². The lowest BCUT2D eigenvalue weighted by Gasteiger charge is -2.40. The van der Waals surface area contributed by atoms with Gasteiger partial charge < -0.3 is 29.5 Å². The molecular weight excluding hydrogens is 384 g/mol. The van der Waals surface area contributed by atoms with Gasteiger partial charge in [0.05, 0.1) is 20.3 Å². The summed E-state index contributed by atoms with van der Waals surface area (Å²) in [5, 5.41) is 29.1. The molecule has 0 spiro atoms. The van der Waals surface area contributed by atoms with Crippen molar-refractivity contribution in [2.45, 2.75) is 43.5 Å². The molecule has 10 nitrogen and oxygen atoms in total. The van der Waals surface area contributed by atoms with E-state index in [1.807, 2.05) is 24.3 Å². The maximum atomic E-state index is 11.0. The molecule has 5 atom stereocenters. The first-order valence-corrected chi connectivity index (χ1v) is 9.64. The largest absolute Gasteiger partial charge is 0.497 e. The molecule has 0 aromatic heterocycles. The summed E-state index contributed by atoms with van der Waals surface area (Å²) in [4.78, 5) is 0. The van der Waals surface area contributed by atoms with E-state index in [0.29, 0.717) is 12.8 Å². The number of benzene rings is 1. The Morgan fingerprint density at radius 3 is 2.37 bits per heavy atom. The molecule has 4 N–H and O–H groups in total. The molecule has 0 unspecified atom stereocenters. The summed E-state index contributed by atoms with van der Waals surface area (Å²) in [6.45, 7) is -0.508. The predicted molar refractivity (Wildman–Crippen MR) is 91.4 cm³/mol. The molecule has 0 bridgehead atoms. The van der Waals surface area contributed by atoms with Crippen molar-refractivity contribution in [1.29, 1.82) is 0 Å². The third kappa shape index (κ3) is 6.36. The van der Waals surface area contributed by atoms with E-state index in [-0.39, 0.29) is 6.61 Å². The smallest absolute Gasteiger partial charge is 0.397 e. The lowest BCUT2D eigenvalue weighted by molar-refractivity contribution is -0.295. The van der Waals surface area contributed by atoms with Crippen LogP contribution in [-0.4, -0.2) is 79.3 Å². The highest BCUT2D eigenvalue weighted by molar-refractivity contribution is 7.80. The molecule has 11 heteroatoms. The molecule has 1 fully saturated rings. The quantitative estimate of drug-likeness (QED) is 0.304. The summed E-state index contributed by atoms with van der Waals surface area (Å²) >= 11 is 0. The van der Waals surface area contributed by atoms with Crippen LogP contribution in [0.3, 0.4) is 0 Å². The van der Waals surface area contributed by atoms with E-state index >= 15 is 0 Å². The average molecular weight is 408 g/mol. The second kappa shape index (κ2) is 9.75. The molecule has 0 saturated carbocycles. The monoisotopic (exact) mass is 408 g/mol. The second-order valence-corrected chi connectivity index (χ2v) is 7.07. The van der Waals surface area contributed by atoms with E-state index in [0.717, 1.165) is 11.3 Å². The summed E-state index contributed by atoms with van der Waals surface area (Å²) in [6, 6.07) is 7.42. The molecule has 0 radical (unpaired) electrons. The number of aliphatic hydroxyl groups excluding tert-OH is 3. The van der Waals surface area contributed by atoms with Crippen molar-refractivity contribution in [2.24, 2.45) is 0 Å². The van der Waals surface area contributed by atoms with E-state index in [1.165, 1.54) is 0 Å². The van der Waals surface area contributed by atoms with Crippen LogP contribution in [0.25, 0.3) is 0 Å². The molecule has 1 heterocycles. The molecular formula is C16H24O10S. The van der Waals surface area contributed by atoms with Crippen LogP contribution in [-0.2, 0) is 30.5 Å². The number of ether oxygens (including phenoxy) is 3. The SMILES string of the molecule is COc1ccc(CCCO[C@@H]2O[C@H](CO)[C@@H](O)[C@H](O)[C@H]2OS(=O)(=O)O)cc1. The average Bonchev–Trinajstić information content (AvgIpc) is 2.63. The molecule has 1 aromatic carbocycles. The summed E-state index contributed by atoms with van der Waals surface area (Å²) in [7, 11) is -3.35. The third-order valence-electron chi connectivity index (χ3n) is 4.11. The standard InChI is InChI=1S/C16H24O10S/c1-23-11-6-4-10(5-7-11)3-2-8-24-16-15(26-27(20,21)22)14(19)13(18)12(9-17)25-16/h4-7,12-19H,2-3,8-9H2,1H3,(H,20,21,22)/t12-,13-,14+,15-,16-/m1/s1. The van der Waals surface area contributed by atoms with Crippen LogP contribution in [0.4, 0.5) is 0 Å². The topological polar surface area (TPSA) is 152 Å². The number of rotatable bonds is 9. The van der Waals surface area contributed by atoms with Crippen LogP contribution in [0.1, 0.15) is 12.0 Å². The first kappa shape index (κ1) is 22.0. The summed E-state index contributed by atoms with van der Waals surface area (Å²) in [5.74, 6) is 0.735. The lowest BCUT2D eigenvalue weighted by atomic mass is 9.99. The predicted octanol–water partition coefficient (Wildman–Crippen LogP) is -0.729. The van der Waals surface area contributed by atoms with Gasteiger partial charge in [-0.25, -0.2) is 4.18 Å². The van der Waals surface area contributed by atoms with E-state index in [1.54, 1.807) is 7.11 Å². The zero-order valence-electron chi connectivity index (χ0n) is 14.7. The first-order chi connectivity index (χ1) is 12.7. The Labute approximate surface area is 157 Å². The van der Waals surface area contributed by atoms with Crippen molar-refractivity contribution in [1.82, 2.24) is 0 Å². The van der Waals surface area contributed by atoms with Crippen molar-refractivity contribution < 1.29 is 46.7 Å². The molecule has 27 heavy (non-hydrogen) atoms. The van der Waals surface area contributed by atoms with Crippen molar-refractivity contribution in [3.8, 4) is 5.75 Å². The minimum atomic E-state index is -4.92. The normalized spacial score (nSPS) is 28.9. The maximum Gasteiger partial charge on any atom is 0.397 e. The Hall–Kier alpha value is -1.31. The lowest BCUT2D eigenvalue weighted by Crippen LogP contribution is -2.60. The summed E-state index contributed by atoms with van der Waals surface area (Å²) < 4.78 is 51.0. The van der Waals surface area contributed by atoms with Crippen LogP contribution in [0.2, 0.25) is 0 Å².